The van der Waals surface area contributed by atoms with Crippen molar-refractivity contribution in [3.8, 4) is 11.1 Å². The largest absolute Gasteiger partial charge is 0.459 e. The van der Waals surface area contributed by atoms with Crippen molar-refractivity contribution in [3.63, 3.8) is 0 Å². The van der Waals surface area contributed by atoms with E-state index in [1.807, 2.05) is 18.2 Å². The van der Waals surface area contributed by atoms with Gasteiger partial charge in [-0.15, -0.1) is 0 Å². The Kier molecular flexibility index (Phi) is 15.8. The molecule has 5 rings (SSSR count). The van der Waals surface area contributed by atoms with Crippen molar-refractivity contribution in [1.29, 1.82) is 0 Å². The van der Waals surface area contributed by atoms with Crippen LogP contribution in [0, 0.1) is 0 Å². The van der Waals surface area contributed by atoms with Crippen LogP contribution in [0.1, 0.15) is 212 Å². The van der Waals surface area contributed by atoms with Crippen LogP contribution in [0.5, 0.6) is 0 Å². The van der Waals surface area contributed by atoms with E-state index in [0.717, 1.165) is 95.8 Å². The molecule has 0 aliphatic carbocycles. The second-order valence-corrected chi connectivity index (χ2v) is 23.0. The van der Waals surface area contributed by atoms with E-state index in [9.17, 15) is 14.4 Å². The average molecular weight is 872 g/mol. The molecule has 3 heterocycles. The van der Waals surface area contributed by atoms with Crippen molar-refractivity contribution >= 4 is 17.9 Å². The summed E-state index contributed by atoms with van der Waals surface area (Å²) in [5, 5.41) is 0. The van der Waals surface area contributed by atoms with E-state index in [1.165, 1.54) is 0 Å². The number of carbonyl (C=O) groups is 3. The summed E-state index contributed by atoms with van der Waals surface area (Å²) in [5.74, 6) is -1.25. The highest BCUT2D eigenvalue weighted by molar-refractivity contribution is 6.01. The van der Waals surface area contributed by atoms with Gasteiger partial charge in [-0.2, -0.15) is 0 Å². The maximum absolute atomic E-state index is 14.6. The van der Waals surface area contributed by atoms with E-state index >= 15 is 0 Å². The number of ether oxygens (including phenoxy) is 3. The minimum absolute atomic E-state index is 0.00540. The minimum Gasteiger partial charge on any atom is -0.459 e. The summed E-state index contributed by atoms with van der Waals surface area (Å²) < 4.78 is 19.0. The molecule has 352 valence electrons. The van der Waals surface area contributed by atoms with Crippen LogP contribution in [0.15, 0.2) is 42.5 Å². The first-order valence-corrected chi connectivity index (χ1v) is 24.5. The standard InChI is InChI=1S/C54H85N3O6/c1-16-31-55-49(4,5)28-25-41(35-52(55,10)11)61-46(58)39-21-19-38(20-22-39)44-24-23-40(47(59)62-42-26-29-50(6,7)56(32-17-2)53(12,13)36-42)34-45(44)48(60)63-43-27-30-51(8,9)57(33-18-3)54(14,15)37-43/h19-24,34,41-43H,16-18,25-33,35-37H2,1-15H3. The molecule has 9 heteroatoms. The monoisotopic (exact) mass is 872 g/mol. The van der Waals surface area contributed by atoms with Gasteiger partial charge in [-0.3, -0.25) is 14.7 Å². The van der Waals surface area contributed by atoms with E-state index in [-0.39, 0.29) is 57.5 Å². The maximum atomic E-state index is 14.6. The van der Waals surface area contributed by atoms with Gasteiger partial charge < -0.3 is 14.2 Å². The van der Waals surface area contributed by atoms with Crippen LogP contribution in [-0.2, 0) is 14.2 Å². The van der Waals surface area contributed by atoms with Crippen LogP contribution in [0.25, 0.3) is 11.1 Å². The highest BCUT2D eigenvalue weighted by Crippen LogP contribution is 2.41. The third kappa shape index (κ3) is 12.0. The van der Waals surface area contributed by atoms with E-state index in [0.29, 0.717) is 28.7 Å². The second kappa shape index (κ2) is 19.7. The Balaban J connectivity index is 1.42. The van der Waals surface area contributed by atoms with Crippen molar-refractivity contribution in [2.75, 3.05) is 19.6 Å². The fraction of sp³-hybridized carbons (Fsp3) is 0.722. The quantitative estimate of drug-likeness (QED) is 0.144. The van der Waals surface area contributed by atoms with Gasteiger partial charge in [0, 0.05) is 52.5 Å². The van der Waals surface area contributed by atoms with Gasteiger partial charge in [0.15, 0.2) is 0 Å². The molecule has 0 spiro atoms. The van der Waals surface area contributed by atoms with Gasteiger partial charge >= 0.3 is 17.9 Å². The summed E-state index contributed by atoms with van der Waals surface area (Å²) >= 11 is 0. The molecule has 0 aromatic heterocycles. The molecule has 2 aromatic rings. The lowest BCUT2D eigenvalue weighted by molar-refractivity contribution is -0.00126. The number of esters is 3. The van der Waals surface area contributed by atoms with Crippen molar-refractivity contribution < 1.29 is 28.6 Å². The van der Waals surface area contributed by atoms with E-state index in [2.05, 4.69) is 119 Å². The summed E-state index contributed by atoms with van der Waals surface area (Å²) in [4.78, 5) is 50.1. The zero-order valence-electron chi connectivity index (χ0n) is 42.2. The molecule has 0 radical (unpaired) electrons. The molecule has 3 atom stereocenters. The average Bonchev–Trinajstić information content (AvgIpc) is 3.39. The smallest absolute Gasteiger partial charge is 0.339 e. The van der Waals surface area contributed by atoms with Gasteiger partial charge in [-0.25, -0.2) is 14.4 Å². The number of hydrogen-bond donors (Lipinski definition) is 0. The fourth-order valence-corrected chi connectivity index (χ4v) is 12.0. The van der Waals surface area contributed by atoms with Crippen molar-refractivity contribution in [2.24, 2.45) is 0 Å². The van der Waals surface area contributed by atoms with Crippen LogP contribution in [0.3, 0.4) is 0 Å². The summed E-state index contributed by atoms with van der Waals surface area (Å²) in [6.07, 6.45) is 9.66. The Morgan fingerprint density at radius 1 is 0.476 bits per heavy atom. The van der Waals surface area contributed by atoms with Gasteiger partial charge in [0.05, 0.1) is 16.7 Å². The number of carbonyl (C=O) groups excluding carboxylic acids is 3. The molecule has 0 N–H and O–H groups in total. The predicted molar refractivity (Wildman–Crippen MR) is 257 cm³/mol. The molecule has 9 nitrogen and oxygen atoms in total. The Morgan fingerprint density at radius 3 is 1.17 bits per heavy atom. The Hall–Kier alpha value is -3.27. The van der Waals surface area contributed by atoms with Gasteiger partial charge in [0.25, 0.3) is 0 Å². The fourth-order valence-electron chi connectivity index (χ4n) is 12.0. The van der Waals surface area contributed by atoms with E-state index < -0.39 is 11.9 Å². The highest BCUT2D eigenvalue weighted by Gasteiger charge is 2.45. The highest BCUT2D eigenvalue weighted by atomic mass is 16.6. The van der Waals surface area contributed by atoms with Crippen LogP contribution < -0.4 is 0 Å². The molecule has 3 aliphatic rings. The zero-order valence-corrected chi connectivity index (χ0v) is 42.2. The molecule has 3 fully saturated rings. The first-order valence-electron chi connectivity index (χ1n) is 24.5. The number of rotatable bonds is 13. The lowest BCUT2D eigenvalue weighted by atomic mass is 9.91. The summed E-state index contributed by atoms with van der Waals surface area (Å²) in [6, 6.07) is 12.5. The number of likely N-dealkylation sites (tertiary alicyclic amines) is 3. The molecule has 0 bridgehead atoms. The lowest BCUT2D eigenvalue weighted by Gasteiger charge is -2.47. The van der Waals surface area contributed by atoms with Crippen molar-refractivity contribution in [2.45, 2.75) is 232 Å². The van der Waals surface area contributed by atoms with Gasteiger partial charge in [-0.05, 0) is 196 Å². The lowest BCUT2D eigenvalue weighted by Crippen LogP contribution is -2.54. The van der Waals surface area contributed by atoms with Crippen LogP contribution in [0.4, 0.5) is 0 Å². The Morgan fingerprint density at radius 2 is 0.810 bits per heavy atom. The summed E-state index contributed by atoms with van der Waals surface area (Å²) in [5.41, 5.74) is 1.92. The number of nitrogens with zero attached hydrogens (tertiary/aromatic N) is 3. The Bertz CT molecular complexity index is 1890. The summed E-state index contributed by atoms with van der Waals surface area (Å²) in [6.45, 7) is 36.9. The van der Waals surface area contributed by atoms with Crippen LogP contribution in [-0.4, -0.2) is 104 Å². The summed E-state index contributed by atoms with van der Waals surface area (Å²) in [7, 11) is 0. The van der Waals surface area contributed by atoms with Gasteiger partial charge in [-0.1, -0.05) is 39.0 Å². The third-order valence-electron chi connectivity index (χ3n) is 14.9. The SMILES string of the molecule is CCCN1C(C)(C)CCC(OC(=O)c2ccc(-c3ccc(C(=O)OC4CCC(C)(C)N(CCC)C(C)(C)C4)cc3C(=O)OC3CCC(C)(C)N(CCC)C(C)(C)C3)cc2)CC1(C)C. The van der Waals surface area contributed by atoms with Crippen LogP contribution >= 0.6 is 0 Å². The molecule has 3 saturated heterocycles. The molecular weight excluding hydrogens is 787 g/mol. The van der Waals surface area contributed by atoms with Gasteiger partial charge in [0.1, 0.15) is 18.3 Å². The van der Waals surface area contributed by atoms with Crippen molar-refractivity contribution in [3.05, 3.63) is 59.2 Å². The van der Waals surface area contributed by atoms with Crippen LogP contribution in [0.2, 0.25) is 0 Å². The first-order chi connectivity index (χ1) is 29.3. The molecule has 0 amide bonds. The van der Waals surface area contributed by atoms with E-state index in [1.54, 1.807) is 24.3 Å². The minimum atomic E-state index is -0.464. The van der Waals surface area contributed by atoms with E-state index in [4.69, 9.17) is 14.2 Å². The first kappa shape index (κ1) is 50.7. The number of benzene rings is 2. The molecule has 0 saturated carbocycles. The van der Waals surface area contributed by atoms with Crippen molar-refractivity contribution in [1.82, 2.24) is 14.7 Å². The normalized spacial score (nSPS) is 25.8. The number of hydrogen-bond acceptors (Lipinski definition) is 9. The molecule has 63 heavy (non-hydrogen) atoms. The molecule has 3 unspecified atom stereocenters. The third-order valence-corrected chi connectivity index (χ3v) is 14.9. The molecular formula is C54H85N3O6. The van der Waals surface area contributed by atoms with Gasteiger partial charge in [0.2, 0.25) is 0 Å². The second-order valence-electron chi connectivity index (χ2n) is 23.0. The predicted octanol–water partition coefficient (Wildman–Crippen LogP) is 12.3. The zero-order chi connectivity index (χ0) is 46.8. The molecule has 2 aromatic carbocycles. The Labute approximate surface area is 382 Å². The molecule has 3 aliphatic heterocycles. The topological polar surface area (TPSA) is 88.6 Å². The maximum Gasteiger partial charge on any atom is 0.339 e.